The molecule has 0 saturated carbocycles. The third kappa shape index (κ3) is 4.63. The van der Waals surface area contributed by atoms with E-state index < -0.39 is 21.7 Å². The highest BCUT2D eigenvalue weighted by Gasteiger charge is 2.19. The average Bonchev–Trinajstić information content (AvgIpc) is 2.66. The van der Waals surface area contributed by atoms with Gasteiger partial charge in [-0.05, 0) is 73.9 Å². The van der Waals surface area contributed by atoms with Crippen LogP contribution >= 0.6 is 0 Å². The van der Waals surface area contributed by atoms with E-state index in [4.69, 9.17) is 0 Å². The monoisotopic (exact) mass is 412 g/mol. The lowest BCUT2D eigenvalue weighted by molar-refractivity contribution is 0.102. The van der Waals surface area contributed by atoms with Crippen LogP contribution in [0.2, 0.25) is 0 Å². The Kier molecular flexibility index (Phi) is 5.70. The van der Waals surface area contributed by atoms with E-state index in [9.17, 15) is 17.6 Å². The van der Waals surface area contributed by atoms with E-state index >= 15 is 0 Å². The van der Waals surface area contributed by atoms with Crippen LogP contribution in [-0.4, -0.2) is 14.3 Å². The Hall–Kier alpha value is -3.19. The van der Waals surface area contributed by atoms with Gasteiger partial charge in [0.2, 0.25) is 0 Å². The minimum absolute atomic E-state index is 0.0210. The predicted molar refractivity (Wildman–Crippen MR) is 112 cm³/mol. The first kappa shape index (κ1) is 20.5. The van der Waals surface area contributed by atoms with E-state index in [0.29, 0.717) is 22.5 Å². The van der Waals surface area contributed by atoms with E-state index in [0.717, 1.165) is 5.56 Å². The van der Waals surface area contributed by atoms with Crippen molar-refractivity contribution in [2.24, 2.45) is 0 Å². The van der Waals surface area contributed by atoms with Gasteiger partial charge in [0.25, 0.3) is 15.9 Å². The molecule has 0 atom stereocenters. The maximum Gasteiger partial charge on any atom is 0.261 e. The van der Waals surface area contributed by atoms with Gasteiger partial charge in [0.05, 0.1) is 10.6 Å². The van der Waals surface area contributed by atoms with Crippen molar-refractivity contribution in [2.75, 3.05) is 10.0 Å². The summed E-state index contributed by atoms with van der Waals surface area (Å²) in [6.07, 6.45) is 0. The van der Waals surface area contributed by atoms with Gasteiger partial charge in [0, 0.05) is 11.3 Å². The van der Waals surface area contributed by atoms with Gasteiger partial charge in [-0.1, -0.05) is 24.3 Å². The normalized spacial score (nSPS) is 11.2. The van der Waals surface area contributed by atoms with E-state index in [-0.39, 0.29) is 10.5 Å². The molecule has 3 aromatic carbocycles. The Bertz CT molecular complexity index is 1190. The summed E-state index contributed by atoms with van der Waals surface area (Å²) in [6, 6.07) is 15.4. The molecule has 2 N–H and O–H groups in total. The van der Waals surface area contributed by atoms with Crippen molar-refractivity contribution < 1.29 is 17.6 Å². The van der Waals surface area contributed by atoms with E-state index in [1.807, 2.05) is 6.07 Å². The highest BCUT2D eigenvalue weighted by molar-refractivity contribution is 7.92. The Labute approximate surface area is 169 Å². The number of benzene rings is 3. The van der Waals surface area contributed by atoms with Crippen molar-refractivity contribution >= 4 is 27.3 Å². The number of para-hydroxylation sites is 1. The first-order chi connectivity index (χ1) is 13.7. The number of carbonyl (C=O) groups is 1. The third-order valence-electron chi connectivity index (χ3n) is 4.59. The molecule has 0 fully saturated rings. The molecular formula is C22H21FN2O3S. The second-order valence-corrected chi connectivity index (χ2v) is 8.49. The van der Waals surface area contributed by atoms with Crippen molar-refractivity contribution in [2.45, 2.75) is 25.7 Å². The fourth-order valence-corrected chi connectivity index (χ4v) is 4.02. The third-order valence-corrected chi connectivity index (χ3v) is 5.95. The van der Waals surface area contributed by atoms with Crippen molar-refractivity contribution in [1.29, 1.82) is 0 Å². The van der Waals surface area contributed by atoms with Crippen LogP contribution in [0.3, 0.4) is 0 Å². The average molecular weight is 412 g/mol. The van der Waals surface area contributed by atoms with E-state index in [2.05, 4.69) is 10.0 Å². The topological polar surface area (TPSA) is 75.3 Å². The number of aryl methyl sites for hydroxylation is 3. The van der Waals surface area contributed by atoms with Crippen LogP contribution in [0, 0.1) is 26.6 Å². The molecule has 3 rings (SSSR count). The molecule has 0 radical (unpaired) electrons. The summed E-state index contributed by atoms with van der Waals surface area (Å²) in [5, 5.41) is 2.71. The highest BCUT2D eigenvalue weighted by atomic mass is 32.2. The lowest BCUT2D eigenvalue weighted by atomic mass is 10.1. The van der Waals surface area contributed by atoms with Gasteiger partial charge in [-0.25, -0.2) is 12.8 Å². The zero-order valence-electron chi connectivity index (χ0n) is 16.3. The van der Waals surface area contributed by atoms with Crippen LogP contribution in [0.15, 0.2) is 65.6 Å². The number of rotatable bonds is 5. The summed E-state index contributed by atoms with van der Waals surface area (Å²) in [5.74, 6) is -0.864. The molecule has 0 saturated heterocycles. The van der Waals surface area contributed by atoms with Crippen LogP contribution in [0.1, 0.15) is 27.0 Å². The van der Waals surface area contributed by atoms with E-state index in [1.54, 1.807) is 45.0 Å². The minimum Gasteiger partial charge on any atom is -0.322 e. The molecule has 0 heterocycles. The van der Waals surface area contributed by atoms with Crippen molar-refractivity contribution in [1.82, 2.24) is 0 Å². The molecule has 5 nitrogen and oxygen atoms in total. The van der Waals surface area contributed by atoms with Gasteiger partial charge >= 0.3 is 0 Å². The summed E-state index contributed by atoms with van der Waals surface area (Å²) in [7, 11) is -3.87. The quantitative estimate of drug-likeness (QED) is 0.632. The van der Waals surface area contributed by atoms with E-state index in [1.165, 1.54) is 30.3 Å². The smallest absolute Gasteiger partial charge is 0.261 e. The number of amides is 1. The number of anilines is 2. The zero-order chi connectivity index (χ0) is 21.2. The summed E-state index contributed by atoms with van der Waals surface area (Å²) in [4.78, 5) is 12.7. The maximum absolute atomic E-state index is 13.3. The Balaban J connectivity index is 1.91. The number of hydrogen-bond acceptors (Lipinski definition) is 3. The summed E-state index contributed by atoms with van der Waals surface area (Å²) in [6.45, 7) is 5.20. The van der Waals surface area contributed by atoms with Gasteiger partial charge < -0.3 is 5.32 Å². The SMILES string of the molecule is Cc1cc(F)ccc1NC(=O)c1cc(S(=O)(=O)Nc2ccccc2C)ccc1C. The van der Waals surface area contributed by atoms with Crippen LogP contribution in [0.4, 0.5) is 15.8 Å². The van der Waals surface area contributed by atoms with Crippen LogP contribution in [0.25, 0.3) is 0 Å². The van der Waals surface area contributed by atoms with Gasteiger partial charge in [-0.3, -0.25) is 9.52 Å². The zero-order valence-corrected chi connectivity index (χ0v) is 17.1. The lowest BCUT2D eigenvalue weighted by Crippen LogP contribution is -2.17. The largest absolute Gasteiger partial charge is 0.322 e. The molecule has 0 aromatic heterocycles. The molecule has 7 heteroatoms. The number of sulfonamides is 1. The fraction of sp³-hybridized carbons (Fsp3) is 0.136. The van der Waals surface area contributed by atoms with Gasteiger partial charge in [-0.2, -0.15) is 0 Å². The second-order valence-electron chi connectivity index (χ2n) is 6.81. The van der Waals surface area contributed by atoms with Crippen LogP contribution in [0.5, 0.6) is 0 Å². The maximum atomic E-state index is 13.3. The van der Waals surface area contributed by atoms with Crippen molar-refractivity contribution in [3.8, 4) is 0 Å². The van der Waals surface area contributed by atoms with Crippen LogP contribution < -0.4 is 10.0 Å². The summed E-state index contributed by atoms with van der Waals surface area (Å²) >= 11 is 0. The van der Waals surface area contributed by atoms with Crippen molar-refractivity contribution in [3.63, 3.8) is 0 Å². The molecule has 0 spiro atoms. The first-order valence-corrected chi connectivity index (χ1v) is 10.4. The first-order valence-electron chi connectivity index (χ1n) is 8.94. The predicted octanol–water partition coefficient (Wildman–Crippen LogP) is 4.80. The molecule has 0 bridgehead atoms. The van der Waals surface area contributed by atoms with Crippen LogP contribution in [-0.2, 0) is 10.0 Å². The second kappa shape index (κ2) is 8.05. The minimum atomic E-state index is -3.87. The Morgan fingerprint density at radius 2 is 1.55 bits per heavy atom. The molecule has 1 amide bonds. The molecule has 150 valence electrons. The molecule has 0 aliphatic carbocycles. The van der Waals surface area contributed by atoms with Gasteiger partial charge in [0.15, 0.2) is 0 Å². The molecular weight excluding hydrogens is 391 g/mol. The Morgan fingerprint density at radius 3 is 2.24 bits per heavy atom. The van der Waals surface area contributed by atoms with Crippen molar-refractivity contribution in [3.05, 3.63) is 88.7 Å². The summed E-state index contributed by atoms with van der Waals surface area (Å²) < 4.78 is 41.4. The fourth-order valence-electron chi connectivity index (χ4n) is 2.86. The number of halogens is 1. The number of hydrogen-bond donors (Lipinski definition) is 2. The molecule has 3 aromatic rings. The number of carbonyl (C=O) groups excluding carboxylic acids is 1. The molecule has 0 aliphatic rings. The summed E-state index contributed by atoms with van der Waals surface area (Å²) in [5.41, 5.74) is 3.13. The van der Waals surface area contributed by atoms with Gasteiger partial charge in [-0.15, -0.1) is 0 Å². The van der Waals surface area contributed by atoms with Gasteiger partial charge in [0.1, 0.15) is 5.82 Å². The Morgan fingerprint density at radius 1 is 0.828 bits per heavy atom. The lowest BCUT2D eigenvalue weighted by Gasteiger charge is -2.13. The molecule has 0 aliphatic heterocycles. The number of nitrogens with one attached hydrogen (secondary N) is 2. The molecule has 0 unspecified atom stereocenters. The molecule has 29 heavy (non-hydrogen) atoms. The standard InChI is InChI=1S/C22H21FN2O3S/c1-14-8-10-18(29(27,28)25-21-7-5-4-6-15(21)2)13-19(14)22(26)24-20-11-9-17(23)12-16(20)3/h4-13,25H,1-3H3,(H,24,26). The highest BCUT2D eigenvalue weighted by Crippen LogP contribution is 2.23.